The molecule has 0 aromatic heterocycles. The Balaban J connectivity index is 1.57. The van der Waals surface area contributed by atoms with Crippen molar-refractivity contribution >= 4 is 29.3 Å². The number of aryl methyl sites for hydroxylation is 1. The average molecular weight is 391 g/mol. The molecule has 0 unspecified atom stereocenters. The molecule has 0 bridgehead atoms. The van der Waals surface area contributed by atoms with Crippen LogP contribution in [0.1, 0.15) is 21.5 Å². The van der Waals surface area contributed by atoms with Gasteiger partial charge in [-0.3, -0.25) is 9.59 Å². The number of carbonyl (C=O) groups excluding carboxylic acids is 2. The first kappa shape index (κ1) is 19.7. The van der Waals surface area contributed by atoms with Crippen molar-refractivity contribution in [1.29, 1.82) is 0 Å². The lowest BCUT2D eigenvalue weighted by molar-refractivity contribution is -0.113. The molecule has 2 N–H and O–H groups in total. The Morgan fingerprint density at radius 1 is 0.857 bits per heavy atom. The Kier molecular flexibility index (Phi) is 6.87. The van der Waals surface area contributed by atoms with Crippen LogP contribution in [0.15, 0.2) is 83.8 Å². The van der Waals surface area contributed by atoms with Crippen molar-refractivity contribution in [1.82, 2.24) is 5.32 Å². The Bertz CT molecular complexity index is 940. The molecule has 0 saturated heterocycles. The van der Waals surface area contributed by atoms with Gasteiger partial charge >= 0.3 is 0 Å². The van der Waals surface area contributed by atoms with Gasteiger partial charge in [0.1, 0.15) is 0 Å². The van der Waals surface area contributed by atoms with E-state index in [0.717, 1.165) is 21.7 Å². The highest BCUT2D eigenvalue weighted by Crippen LogP contribution is 2.23. The fraction of sp³-hybridized carbons (Fsp3) is 0.130. The third kappa shape index (κ3) is 5.72. The molecule has 0 heterocycles. The first-order valence-electron chi connectivity index (χ1n) is 9.02. The van der Waals surface area contributed by atoms with Gasteiger partial charge in [-0.2, -0.15) is 0 Å². The zero-order valence-corrected chi connectivity index (χ0v) is 16.5. The summed E-state index contributed by atoms with van der Waals surface area (Å²) in [6.45, 7) is 2.47. The minimum absolute atomic E-state index is 0.103. The Morgan fingerprint density at radius 2 is 1.54 bits per heavy atom. The van der Waals surface area contributed by atoms with Gasteiger partial charge in [0.15, 0.2) is 0 Å². The lowest BCUT2D eigenvalue weighted by atomic mass is 10.2. The molecule has 3 aromatic carbocycles. The summed E-state index contributed by atoms with van der Waals surface area (Å²) in [5.41, 5.74) is 3.53. The molecule has 142 valence electrons. The van der Waals surface area contributed by atoms with Crippen LogP contribution in [0.4, 0.5) is 5.69 Å². The highest BCUT2D eigenvalue weighted by Gasteiger charge is 2.12. The van der Waals surface area contributed by atoms with Crippen LogP contribution in [-0.2, 0) is 11.3 Å². The zero-order chi connectivity index (χ0) is 19.8. The molecule has 0 fully saturated rings. The van der Waals surface area contributed by atoms with Gasteiger partial charge in [0.25, 0.3) is 5.91 Å². The van der Waals surface area contributed by atoms with E-state index in [-0.39, 0.29) is 17.6 Å². The SMILES string of the molecule is Cc1ccc(NC(=O)CSc2ccccc2C(=O)NCc2ccccc2)cc1. The van der Waals surface area contributed by atoms with E-state index in [1.54, 1.807) is 6.07 Å². The first-order valence-corrected chi connectivity index (χ1v) is 10.0. The summed E-state index contributed by atoms with van der Waals surface area (Å²) in [5, 5.41) is 5.81. The van der Waals surface area contributed by atoms with Crippen LogP contribution in [0.3, 0.4) is 0 Å². The second-order valence-corrected chi connectivity index (χ2v) is 7.38. The molecule has 5 heteroatoms. The largest absolute Gasteiger partial charge is 0.348 e. The number of rotatable bonds is 7. The first-order chi connectivity index (χ1) is 13.6. The zero-order valence-electron chi connectivity index (χ0n) is 15.6. The van der Waals surface area contributed by atoms with Crippen molar-refractivity contribution < 1.29 is 9.59 Å². The molecule has 28 heavy (non-hydrogen) atoms. The van der Waals surface area contributed by atoms with Crippen LogP contribution in [0, 0.1) is 6.92 Å². The molecule has 0 aliphatic heterocycles. The fourth-order valence-electron chi connectivity index (χ4n) is 2.63. The van der Waals surface area contributed by atoms with E-state index < -0.39 is 0 Å². The highest BCUT2D eigenvalue weighted by atomic mass is 32.2. The van der Waals surface area contributed by atoms with Gasteiger partial charge in [-0.15, -0.1) is 11.8 Å². The molecule has 3 rings (SSSR count). The Hall–Kier alpha value is -3.05. The van der Waals surface area contributed by atoms with Crippen molar-refractivity contribution in [2.75, 3.05) is 11.1 Å². The lowest BCUT2D eigenvalue weighted by Gasteiger charge is -2.10. The maximum absolute atomic E-state index is 12.6. The van der Waals surface area contributed by atoms with E-state index in [0.29, 0.717) is 12.1 Å². The van der Waals surface area contributed by atoms with Crippen LogP contribution in [-0.4, -0.2) is 17.6 Å². The monoisotopic (exact) mass is 390 g/mol. The van der Waals surface area contributed by atoms with Crippen LogP contribution in [0.25, 0.3) is 0 Å². The third-order valence-electron chi connectivity index (χ3n) is 4.12. The van der Waals surface area contributed by atoms with E-state index in [1.807, 2.05) is 79.7 Å². The molecule has 3 aromatic rings. The maximum atomic E-state index is 12.6. The summed E-state index contributed by atoms with van der Waals surface area (Å²) in [7, 11) is 0. The predicted octanol–water partition coefficient (Wildman–Crippen LogP) is 4.66. The summed E-state index contributed by atoms with van der Waals surface area (Å²) in [5.74, 6) is -0.0177. The van der Waals surface area contributed by atoms with E-state index in [4.69, 9.17) is 0 Å². The standard InChI is InChI=1S/C23H22N2O2S/c1-17-11-13-19(14-12-17)25-22(26)16-28-21-10-6-5-9-20(21)23(27)24-15-18-7-3-2-4-8-18/h2-14H,15-16H2,1H3,(H,24,27)(H,25,26). The quantitative estimate of drug-likeness (QED) is 0.577. The number of anilines is 1. The van der Waals surface area contributed by atoms with Crippen LogP contribution in [0.2, 0.25) is 0 Å². The van der Waals surface area contributed by atoms with Gasteiger partial charge < -0.3 is 10.6 Å². The second kappa shape index (κ2) is 9.76. The van der Waals surface area contributed by atoms with Crippen LogP contribution >= 0.6 is 11.8 Å². The van der Waals surface area contributed by atoms with Gasteiger partial charge in [-0.05, 0) is 36.8 Å². The van der Waals surface area contributed by atoms with E-state index in [1.165, 1.54) is 11.8 Å². The fourth-order valence-corrected chi connectivity index (χ4v) is 3.48. The molecule has 4 nitrogen and oxygen atoms in total. The number of amides is 2. The number of hydrogen-bond donors (Lipinski definition) is 2. The number of hydrogen-bond acceptors (Lipinski definition) is 3. The number of carbonyl (C=O) groups is 2. The highest BCUT2D eigenvalue weighted by molar-refractivity contribution is 8.00. The van der Waals surface area contributed by atoms with E-state index in [9.17, 15) is 9.59 Å². The molecule has 0 aliphatic carbocycles. The molecule has 0 atom stereocenters. The van der Waals surface area contributed by atoms with E-state index in [2.05, 4.69) is 10.6 Å². The second-order valence-electron chi connectivity index (χ2n) is 6.37. The molecule has 0 saturated carbocycles. The molecule has 2 amide bonds. The number of thioether (sulfide) groups is 1. The predicted molar refractivity (Wildman–Crippen MR) is 115 cm³/mol. The Morgan fingerprint density at radius 3 is 2.29 bits per heavy atom. The van der Waals surface area contributed by atoms with Crippen molar-refractivity contribution in [2.45, 2.75) is 18.4 Å². The summed E-state index contributed by atoms with van der Waals surface area (Å²) >= 11 is 1.35. The van der Waals surface area contributed by atoms with Crippen molar-refractivity contribution in [2.24, 2.45) is 0 Å². The van der Waals surface area contributed by atoms with Gasteiger partial charge in [0.2, 0.25) is 5.91 Å². The van der Waals surface area contributed by atoms with Crippen LogP contribution in [0.5, 0.6) is 0 Å². The molecular weight excluding hydrogens is 368 g/mol. The molecule has 0 radical (unpaired) electrons. The topological polar surface area (TPSA) is 58.2 Å². The van der Waals surface area contributed by atoms with Crippen LogP contribution < -0.4 is 10.6 Å². The molecular formula is C23H22N2O2S. The minimum Gasteiger partial charge on any atom is -0.348 e. The van der Waals surface area contributed by atoms with Crippen molar-refractivity contribution in [3.63, 3.8) is 0 Å². The van der Waals surface area contributed by atoms with Gasteiger partial charge in [0, 0.05) is 17.1 Å². The van der Waals surface area contributed by atoms with E-state index >= 15 is 0 Å². The van der Waals surface area contributed by atoms with Gasteiger partial charge in [-0.1, -0.05) is 60.2 Å². The summed E-state index contributed by atoms with van der Waals surface area (Å²) in [4.78, 5) is 25.6. The smallest absolute Gasteiger partial charge is 0.252 e. The normalized spacial score (nSPS) is 10.3. The maximum Gasteiger partial charge on any atom is 0.252 e. The summed E-state index contributed by atoms with van der Waals surface area (Å²) in [6.07, 6.45) is 0. The minimum atomic E-state index is -0.147. The van der Waals surface area contributed by atoms with Crippen molar-refractivity contribution in [3.05, 3.63) is 95.6 Å². The van der Waals surface area contributed by atoms with Crippen molar-refractivity contribution in [3.8, 4) is 0 Å². The number of benzene rings is 3. The third-order valence-corrected chi connectivity index (χ3v) is 5.20. The summed E-state index contributed by atoms with van der Waals surface area (Å²) in [6, 6.07) is 24.8. The Labute approximate surface area is 169 Å². The summed E-state index contributed by atoms with van der Waals surface area (Å²) < 4.78 is 0. The lowest BCUT2D eigenvalue weighted by Crippen LogP contribution is -2.23. The molecule has 0 spiro atoms. The number of nitrogens with one attached hydrogen (secondary N) is 2. The average Bonchev–Trinajstić information content (AvgIpc) is 2.73. The van der Waals surface area contributed by atoms with Gasteiger partial charge in [0.05, 0.1) is 11.3 Å². The van der Waals surface area contributed by atoms with Gasteiger partial charge in [-0.25, -0.2) is 0 Å². The molecule has 0 aliphatic rings.